The molecule has 0 spiro atoms. The van der Waals surface area contributed by atoms with Crippen LogP contribution >= 0.6 is 0 Å². The molecule has 2 N–H and O–H groups in total. The fourth-order valence-corrected chi connectivity index (χ4v) is 1.71. The third-order valence-corrected chi connectivity index (χ3v) is 2.67. The lowest BCUT2D eigenvalue weighted by molar-refractivity contribution is -0.385. The molecule has 108 valence electrons. The summed E-state index contributed by atoms with van der Waals surface area (Å²) < 4.78 is 5.17. The molecule has 6 heteroatoms. The Morgan fingerprint density at radius 1 is 1.50 bits per heavy atom. The number of nitrogens with zero attached hydrogens (tertiary/aromatic N) is 1. The van der Waals surface area contributed by atoms with Gasteiger partial charge in [-0.2, -0.15) is 0 Å². The van der Waals surface area contributed by atoms with Gasteiger partial charge in [0.15, 0.2) is 5.56 Å². The summed E-state index contributed by atoms with van der Waals surface area (Å²) in [4.78, 5) is 22.6. The smallest absolute Gasteiger partial charge is 0.347 e. The van der Waals surface area contributed by atoms with E-state index in [-0.39, 0.29) is 16.9 Å². The number of benzene rings is 1. The van der Waals surface area contributed by atoms with E-state index < -0.39 is 16.5 Å². The number of nitro benzene ring substituents is 1. The van der Waals surface area contributed by atoms with Gasteiger partial charge in [0, 0.05) is 6.07 Å². The van der Waals surface area contributed by atoms with E-state index >= 15 is 0 Å². The van der Waals surface area contributed by atoms with Gasteiger partial charge in [0.05, 0.1) is 10.6 Å². The molecule has 0 saturated heterocycles. The van der Waals surface area contributed by atoms with Gasteiger partial charge in [0.2, 0.25) is 0 Å². The summed E-state index contributed by atoms with van der Waals surface area (Å²) in [7, 11) is 0. The minimum Gasteiger partial charge on any atom is -0.456 e. The number of nitrogens with two attached hydrogens (primary N) is 1. The molecule has 0 atom stereocenters. The molecular weight excluding hydrogens is 260 g/mol. The molecule has 0 aliphatic heterocycles. The van der Waals surface area contributed by atoms with E-state index in [1.54, 1.807) is 27.7 Å². The third-order valence-electron chi connectivity index (χ3n) is 2.67. The van der Waals surface area contributed by atoms with E-state index in [0.717, 1.165) is 0 Å². The van der Waals surface area contributed by atoms with Crippen LogP contribution in [0.2, 0.25) is 0 Å². The van der Waals surface area contributed by atoms with Gasteiger partial charge in [-0.3, -0.25) is 10.1 Å². The maximum atomic E-state index is 12.1. The van der Waals surface area contributed by atoms with E-state index in [1.807, 2.05) is 0 Å². The number of esters is 1. The number of hydrogen-bond acceptors (Lipinski definition) is 5. The molecule has 0 unspecified atom stereocenters. The molecule has 0 heterocycles. The first kappa shape index (κ1) is 15.7. The predicted molar refractivity (Wildman–Crippen MR) is 77.5 cm³/mol. The molecule has 1 aromatic rings. The summed E-state index contributed by atoms with van der Waals surface area (Å²) in [5.41, 5.74) is 5.63. The zero-order valence-electron chi connectivity index (χ0n) is 12.0. The van der Waals surface area contributed by atoms with Gasteiger partial charge < -0.3 is 10.5 Å². The minimum absolute atomic E-state index is 0.0448. The van der Waals surface area contributed by atoms with Crippen molar-refractivity contribution < 1.29 is 14.5 Å². The van der Waals surface area contributed by atoms with Gasteiger partial charge in [-0.05, 0) is 38.8 Å². The highest BCUT2D eigenvalue weighted by molar-refractivity contribution is 6.01. The number of nitro groups is 1. The SMILES string of the molecule is C=Cc1cc([N+](=O)[O-])c(C(=O)OC(C)(C)C)c(N)c1C. The van der Waals surface area contributed by atoms with Crippen molar-refractivity contribution in [2.45, 2.75) is 33.3 Å². The largest absolute Gasteiger partial charge is 0.456 e. The van der Waals surface area contributed by atoms with Crippen LogP contribution < -0.4 is 5.73 Å². The molecular formula is C14H18N2O4. The Hall–Kier alpha value is -2.37. The molecule has 0 fully saturated rings. The Morgan fingerprint density at radius 2 is 2.05 bits per heavy atom. The molecule has 1 aromatic carbocycles. The lowest BCUT2D eigenvalue weighted by atomic mass is 10.00. The zero-order chi connectivity index (χ0) is 15.7. The Morgan fingerprint density at radius 3 is 2.45 bits per heavy atom. The quantitative estimate of drug-likeness (QED) is 0.396. The Kier molecular flexibility index (Phi) is 4.17. The molecule has 0 amide bonds. The molecule has 0 saturated carbocycles. The standard InChI is InChI=1S/C14H18N2O4/c1-6-9-7-10(16(18)19)11(12(15)8(9)2)13(17)20-14(3,4)5/h6-7H,1,15H2,2-5H3. The lowest BCUT2D eigenvalue weighted by Gasteiger charge is -2.20. The first-order chi connectivity index (χ1) is 9.08. The average Bonchev–Trinajstić information content (AvgIpc) is 2.29. The van der Waals surface area contributed by atoms with Crippen LogP contribution in [0.1, 0.15) is 42.3 Å². The van der Waals surface area contributed by atoms with Crippen LogP contribution in [0.5, 0.6) is 0 Å². The molecule has 0 aliphatic rings. The molecule has 0 aliphatic carbocycles. The Balaban J connectivity index is 3.52. The summed E-state index contributed by atoms with van der Waals surface area (Å²) in [6.07, 6.45) is 1.46. The number of hydrogen-bond donors (Lipinski definition) is 1. The first-order valence-electron chi connectivity index (χ1n) is 6.01. The van der Waals surface area contributed by atoms with Crippen LogP contribution in [0.3, 0.4) is 0 Å². The maximum Gasteiger partial charge on any atom is 0.347 e. The van der Waals surface area contributed by atoms with E-state index in [0.29, 0.717) is 11.1 Å². The highest BCUT2D eigenvalue weighted by Gasteiger charge is 2.30. The topological polar surface area (TPSA) is 95.5 Å². The van der Waals surface area contributed by atoms with Crippen LogP contribution in [-0.2, 0) is 4.74 Å². The van der Waals surface area contributed by atoms with E-state index in [1.165, 1.54) is 12.1 Å². The second-order valence-electron chi connectivity index (χ2n) is 5.36. The number of anilines is 1. The van der Waals surface area contributed by atoms with Gasteiger partial charge in [0.25, 0.3) is 5.69 Å². The highest BCUT2D eigenvalue weighted by atomic mass is 16.6. The molecule has 0 aromatic heterocycles. The summed E-state index contributed by atoms with van der Waals surface area (Å²) >= 11 is 0. The number of ether oxygens (including phenoxy) is 1. The molecule has 6 nitrogen and oxygen atoms in total. The number of carbonyl (C=O) groups excluding carboxylic acids is 1. The average molecular weight is 278 g/mol. The van der Waals surface area contributed by atoms with Gasteiger partial charge >= 0.3 is 5.97 Å². The molecule has 0 radical (unpaired) electrons. The minimum atomic E-state index is -0.805. The van der Waals surface area contributed by atoms with Gasteiger partial charge in [-0.15, -0.1) is 0 Å². The van der Waals surface area contributed by atoms with Crippen molar-refractivity contribution in [2.24, 2.45) is 0 Å². The summed E-state index contributed by atoms with van der Waals surface area (Å²) in [6, 6.07) is 1.28. The Bertz CT molecular complexity index is 586. The normalized spacial score (nSPS) is 11.0. The second-order valence-corrected chi connectivity index (χ2v) is 5.36. The van der Waals surface area contributed by atoms with Crippen LogP contribution in [0.15, 0.2) is 12.6 Å². The molecule has 0 bridgehead atoms. The van der Waals surface area contributed by atoms with E-state index in [4.69, 9.17) is 10.5 Å². The van der Waals surface area contributed by atoms with Crippen molar-refractivity contribution in [3.63, 3.8) is 0 Å². The van der Waals surface area contributed by atoms with Crippen LogP contribution in [0.25, 0.3) is 6.08 Å². The van der Waals surface area contributed by atoms with Crippen molar-refractivity contribution in [1.82, 2.24) is 0 Å². The first-order valence-corrected chi connectivity index (χ1v) is 6.01. The second kappa shape index (κ2) is 5.32. The number of carbonyl (C=O) groups is 1. The summed E-state index contributed by atoms with van der Waals surface area (Å²) in [5.74, 6) is -0.805. The molecule has 20 heavy (non-hydrogen) atoms. The monoisotopic (exact) mass is 278 g/mol. The van der Waals surface area contributed by atoms with Gasteiger partial charge in [-0.25, -0.2) is 4.79 Å². The number of nitrogen functional groups attached to an aromatic ring is 1. The summed E-state index contributed by atoms with van der Waals surface area (Å²) in [6.45, 7) is 10.3. The fourth-order valence-electron chi connectivity index (χ4n) is 1.71. The van der Waals surface area contributed by atoms with Crippen molar-refractivity contribution in [3.8, 4) is 0 Å². The summed E-state index contributed by atoms with van der Waals surface area (Å²) in [5, 5.41) is 11.1. The zero-order valence-corrected chi connectivity index (χ0v) is 12.0. The van der Waals surface area contributed by atoms with Crippen LogP contribution in [0, 0.1) is 17.0 Å². The van der Waals surface area contributed by atoms with Crippen molar-refractivity contribution >= 4 is 23.4 Å². The van der Waals surface area contributed by atoms with E-state index in [2.05, 4.69) is 6.58 Å². The fraction of sp³-hybridized carbons (Fsp3) is 0.357. The van der Waals surface area contributed by atoms with Gasteiger partial charge in [-0.1, -0.05) is 12.7 Å². The van der Waals surface area contributed by atoms with Crippen LogP contribution in [0.4, 0.5) is 11.4 Å². The van der Waals surface area contributed by atoms with Crippen LogP contribution in [-0.4, -0.2) is 16.5 Å². The van der Waals surface area contributed by atoms with Crippen molar-refractivity contribution in [3.05, 3.63) is 39.4 Å². The van der Waals surface area contributed by atoms with Gasteiger partial charge in [0.1, 0.15) is 5.60 Å². The van der Waals surface area contributed by atoms with E-state index in [9.17, 15) is 14.9 Å². The third kappa shape index (κ3) is 3.14. The number of rotatable bonds is 3. The van der Waals surface area contributed by atoms with Crippen molar-refractivity contribution in [2.75, 3.05) is 5.73 Å². The highest BCUT2D eigenvalue weighted by Crippen LogP contribution is 2.32. The Labute approximate surface area is 117 Å². The lowest BCUT2D eigenvalue weighted by Crippen LogP contribution is -2.25. The predicted octanol–water partition coefficient (Wildman–Crippen LogP) is 3.08. The van der Waals surface area contributed by atoms with Crippen molar-refractivity contribution in [1.29, 1.82) is 0 Å². The maximum absolute atomic E-state index is 12.1. The molecule has 1 rings (SSSR count).